The molecular formula is C34H42N2O2S. The van der Waals surface area contributed by atoms with Gasteiger partial charge in [-0.3, -0.25) is 9.59 Å². The van der Waals surface area contributed by atoms with Crippen molar-refractivity contribution in [3.8, 4) is 0 Å². The minimum absolute atomic E-state index is 0.00433. The second-order valence-corrected chi connectivity index (χ2v) is 12.0. The molecule has 1 saturated carbocycles. The van der Waals surface area contributed by atoms with Gasteiger partial charge in [-0.2, -0.15) is 0 Å². The van der Waals surface area contributed by atoms with E-state index in [0.717, 1.165) is 42.6 Å². The molecule has 5 heteroatoms. The van der Waals surface area contributed by atoms with Gasteiger partial charge >= 0.3 is 0 Å². The highest BCUT2D eigenvalue weighted by atomic mass is 32.2. The molecule has 1 fully saturated rings. The Labute approximate surface area is 238 Å². The number of benzene rings is 3. The predicted molar refractivity (Wildman–Crippen MR) is 163 cm³/mol. The van der Waals surface area contributed by atoms with Gasteiger partial charge < -0.3 is 10.2 Å². The SMILES string of the molecule is Cc1ccc(CN(C(=O)CSCc2cc(C)cc(C)c2)[C@H](Cc2ccccc2)C(=O)NC2CCCCC2)cc1. The Morgan fingerprint density at radius 3 is 2.15 bits per heavy atom. The van der Waals surface area contributed by atoms with Gasteiger partial charge in [0.1, 0.15) is 6.04 Å². The van der Waals surface area contributed by atoms with Crippen molar-refractivity contribution in [3.63, 3.8) is 0 Å². The Balaban J connectivity index is 1.56. The van der Waals surface area contributed by atoms with Crippen LogP contribution >= 0.6 is 11.8 Å². The van der Waals surface area contributed by atoms with E-state index in [1.165, 1.54) is 28.7 Å². The van der Waals surface area contributed by atoms with Gasteiger partial charge in [-0.25, -0.2) is 0 Å². The molecule has 1 N–H and O–H groups in total. The van der Waals surface area contributed by atoms with E-state index in [1.807, 2.05) is 35.2 Å². The summed E-state index contributed by atoms with van der Waals surface area (Å²) in [6.07, 6.45) is 6.06. The lowest BCUT2D eigenvalue weighted by Crippen LogP contribution is -2.53. The number of carbonyl (C=O) groups is 2. The first-order chi connectivity index (χ1) is 18.9. The molecule has 0 spiro atoms. The molecule has 3 aromatic rings. The molecule has 1 aliphatic carbocycles. The molecule has 39 heavy (non-hydrogen) atoms. The van der Waals surface area contributed by atoms with Gasteiger partial charge in [-0.1, -0.05) is 109 Å². The summed E-state index contributed by atoms with van der Waals surface area (Å²) in [4.78, 5) is 29.6. The quantitative estimate of drug-likeness (QED) is 0.286. The molecule has 4 rings (SSSR count). The normalized spacial score (nSPS) is 14.5. The van der Waals surface area contributed by atoms with Crippen LogP contribution in [0.1, 0.15) is 65.5 Å². The highest BCUT2D eigenvalue weighted by molar-refractivity contribution is 7.99. The van der Waals surface area contributed by atoms with Crippen molar-refractivity contribution in [2.75, 3.05) is 5.75 Å². The maximum atomic E-state index is 13.9. The average molecular weight is 543 g/mol. The Hall–Kier alpha value is -3.05. The third kappa shape index (κ3) is 8.99. The molecule has 0 radical (unpaired) electrons. The van der Waals surface area contributed by atoms with Crippen molar-refractivity contribution >= 4 is 23.6 Å². The van der Waals surface area contributed by atoms with Crippen LogP contribution in [0, 0.1) is 20.8 Å². The Bertz CT molecular complexity index is 1200. The van der Waals surface area contributed by atoms with Crippen LogP contribution in [0.5, 0.6) is 0 Å². The molecule has 4 nitrogen and oxygen atoms in total. The first-order valence-corrected chi connectivity index (χ1v) is 15.4. The van der Waals surface area contributed by atoms with Crippen LogP contribution in [0.25, 0.3) is 0 Å². The van der Waals surface area contributed by atoms with Crippen molar-refractivity contribution < 1.29 is 9.59 Å². The zero-order valence-corrected chi connectivity index (χ0v) is 24.4. The minimum Gasteiger partial charge on any atom is -0.352 e. The van der Waals surface area contributed by atoms with E-state index in [9.17, 15) is 9.59 Å². The van der Waals surface area contributed by atoms with Gasteiger partial charge in [0.15, 0.2) is 0 Å². The van der Waals surface area contributed by atoms with Crippen LogP contribution in [0.4, 0.5) is 0 Å². The molecule has 0 aromatic heterocycles. The maximum absolute atomic E-state index is 13.9. The number of aryl methyl sites for hydroxylation is 3. The number of nitrogens with one attached hydrogen (secondary N) is 1. The zero-order valence-electron chi connectivity index (χ0n) is 23.6. The van der Waals surface area contributed by atoms with Gasteiger partial charge in [0.05, 0.1) is 5.75 Å². The molecule has 1 aliphatic rings. The van der Waals surface area contributed by atoms with Gasteiger partial charge in [0, 0.05) is 24.8 Å². The first-order valence-electron chi connectivity index (χ1n) is 14.2. The highest BCUT2D eigenvalue weighted by Gasteiger charge is 2.31. The Morgan fingerprint density at radius 2 is 1.49 bits per heavy atom. The number of hydrogen-bond acceptors (Lipinski definition) is 3. The standard InChI is InChI=1S/C34H42N2O2S/c1-25-14-16-29(17-15-25)22-36(33(37)24-39-23-30-19-26(2)18-27(3)20-30)32(21-28-10-6-4-7-11-28)34(38)35-31-12-8-5-9-13-31/h4,6-7,10-11,14-20,31-32H,5,8-9,12-13,21-24H2,1-3H3,(H,35,38)/t32-/m1/s1. The predicted octanol–water partition coefficient (Wildman–Crippen LogP) is 6.93. The van der Waals surface area contributed by atoms with Gasteiger partial charge in [0.25, 0.3) is 0 Å². The van der Waals surface area contributed by atoms with Crippen LogP contribution in [-0.4, -0.2) is 34.6 Å². The van der Waals surface area contributed by atoms with Crippen molar-refractivity contribution in [2.24, 2.45) is 0 Å². The van der Waals surface area contributed by atoms with E-state index < -0.39 is 6.04 Å². The number of hydrogen-bond donors (Lipinski definition) is 1. The topological polar surface area (TPSA) is 49.4 Å². The molecule has 0 heterocycles. The lowest BCUT2D eigenvalue weighted by molar-refractivity contribution is -0.139. The number of rotatable bonds is 11. The average Bonchev–Trinajstić information content (AvgIpc) is 2.92. The summed E-state index contributed by atoms with van der Waals surface area (Å²) in [7, 11) is 0. The number of nitrogens with zero attached hydrogens (tertiary/aromatic N) is 1. The van der Waals surface area contributed by atoms with Gasteiger partial charge in [-0.15, -0.1) is 11.8 Å². The van der Waals surface area contributed by atoms with Crippen LogP contribution in [-0.2, 0) is 28.3 Å². The molecule has 0 aliphatic heterocycles. The first kappa shape index (κ1) is 28.9. The fraction of sp³-hybridized carbons (Fsp3) is 0.412. The van der Waals surface area contributed by atoms with Crippen molar-refractivity contribution in [3.05, 3.63) is 106 Å². The Kier molecular flexibility index (Phi) is 10.7. The molecule has 1 atom stereocenters. The van der Waals surface area contributed by atoms with E-state index >= 15 is 0 Å². The second-order valence-electron chi connectivity index (χ2n) is 11.0. The van der Waals surface area contributed by atoms with Gasteiger partial charge in [0.2, 0.25) is 11.8 Å². The van der Waals surface area contributed by atoms with E-state index in [4.69, 9.17) is 0 Å². The number of carbonyl (C=O) groups excluding carboxylic acids is 2. The number of thioether (sulfide) groups is 1. The third-order valence-electron chi connectivity index (χ3n) is 7.47. The van der Waals surface area contributed by atoms with Crippen molar-refractivity contribution in [2.45, 2.75) is 83.7 Å². The summed E-state index contributed by atoms with van der Waals surface area (Å²) < 4.78 is 0. The van der Waals surface area contributed by atoms with Gasteiger partial charge in [-0.05, 0) is 50.3 Å². The van der Waals surface area contributed by atoms with Crippen LogP contribution < -0.4 is 5.32 Å². The smallest absolute Gasteiger partial charge is 0.243 e. The van der Waals surface area contributed by atoms with Crippen molar-refractivity contribution in [1.82, 2.24) is 10.2 Å². The largest absolute Gasteiger partial charge is 0.352 e. The fourth-order valence-electron chi connectivity index (χ4n) is 5.48. The summed E-state index contributed by atoms with van der Waals surface area (Å²) in [5, 5.41) is 3.32. The zero-order chi connectivity index (χ0) is 27.6. The third-order valence-corrected chi connectivity index (χ3v) is 8.46. The van der Waals surface area contributed by atoms with E-state index in [1.54, 1.807) is 11.8 Å². The van der Waals surface area contributed by atoms with E-state index in [0.29, 0.717) is 18.7 Å². The molecule has 0 saturated heterocycles. The maximum Gasteiger partial charge on any atom is 0.243 e. The number of amides is 2. The Morgan fingerprint density at radius 1 is 0.821 bits per heavy atom. The van der Waals surface area contributed by atoms with Crippen LogP contribution in [0.15, 0.2) is 72.8 Å². The van der Waals surface area contributed by atoms with E-state index in [-0.39, 0.29) is 17.9 Å². The van der Waals surface area contributed by atoms with Crippen LogP contribution in [0.2, 0.25) is 0 Å². The lowest BCUT2D eigenvalue weighted by Gasteiger charge is -2.33. The summed E-state index contributed by atoms with van der Waals surface area (Å²) in [5.41, 5.74) is 6.98. The molecule has 2 amide bonds. The minimum atomic E-state index is -0.565. The highest BCUT2D eigenvalue weighted by Crippen LogP contribution is 2.22. The molecule has 0 unspecified atom stereocenters. The molecule has 0 bridgehead atoms. The van der Waals surface area contributed by atoms with Crippen molar-refractivity contribution in [1.29, 1.82) is 0 Å². The molecule has 3 aromatic carbocycles. The summed E-state index contributed by atoms with van der Waals surface area (Å²) in [6, 6.07) is 24.5. The summed E-state index contributed by atoms with van der Waals surface area (Å²) in [5.74, 6) is 1.07. The molecular weight excluding hydrogens is 500 g/mol. The summed E-state index contributed by atoms with van der Waals surface area (Å²) >= 11 is 1.62. The monoisotopic (exact) mass is 542 g/mol. The molecule has 206 valence electrons. The lowest BCUT2D eigenvalue weighted by atomic mass is 9.94. The summed E-state index contributed by atoms with van der Waals surface area (Å²) in [6.45, 7) is 6.69. The van der Waals surface area contributed by atoms with E-state index in [2.05, 4.69) is 68.6 Å². The second kappa shape index (κ2) is 14.4. The fourth-order valence-corrected chi connectivity index (χ4v) is 6.32. The van der Waals surface area contributed by atoms with Crippen LogP contribution in [0.3, 0.4) is 0 Å².